The van der Waals surface area contributed by atoms with Crippen molar-refractivity contribution in [1.29, 1.82) is 0 Å². The lowest BCUT2D eigenvalue weighted by Gasteiger charge is -2.20. The van der Waals surface area contributed by atoms with E-state index in [0.717, 1.165) is 11.1 Å². The molecule has 0 spiro atoms. The molecule has 2 rings (SSSR count). The molecule has 0 aliphatic carbocycles. The molecule has 2 aromatic carbocycles. The maximum Gasteiger partial charge on any atom is 0.241 e. The van der Waals surface area contributed by atoms with Crippen molar-refractivity contribution >= 4 is 10.0 Å². The molecule has 1 atom stereocenters. The minimum absolute atomic E-state index is 0.250. The van der Waals surface area contributed by atoms with E-state index >= 15 is 0 Å². The van der Waals surface area contributed by atoms with Crippen LogP contribution in [0.5, 0.6) is 17.2 Å². The minimum atomic E-state index is -3.71. The zero-order valence-electron chi connectivity index (χ0n) is 16.6. The van der Waals surface area contributed by atoms with E-state index in [-0.39, 0.29) is 4.90 Å². The van der Waals surface area contributed by atoms with Gasteiger partial charge in [-0.15, -0.1) is 0 Å². The number of nitrogens with one attached hydrogen (secondary N) is 1. The number of rotatable bonds is 8. The van der Waals surface area contributed by atoms with Crippen molar-refractivity contribution in [3.05, 3.63) is 47.0 Å². The van der Waals surface area contributed by atoms with Crippen LogP contribution in [-0.2, 0) is 10.0 Å². The fourth-order valence-electron chi connectivity index (χ4n) is 2.98. The highest BCUT2D eigenvalue weighted by Gasteiger charge is 2.24. The summed E-state index contributed by atoms with van der Waals surface area (Å²) in [5.74, 6) is 1.82. The molecule has 27 heavy (non-hydrogen) atoms. The van der Waals surface area contributed by atoms with Crippen molar-refractivity contribution in [2.45, 2.75) is 38.1 Å². The average molecular weight is 394 g/mol. The number of hydrogen-bond donors (Lipinski definition) is 1. The van der Waals surface area contributed by atoms with Crippen molar-refractivity contribution in [2.24, 2.45) is 0 Å². The molecule has 0 aliphatic rings. The summed E-state index contributed by atoms with van der Waals surface area (Å²) < 4.78 is 44.7. The van der Waals surface area contributed by atoms with Gasteiger partial charge in [0.25, 0.3) is 0 Å². The lowest BCUT2D eigenvalue weighted by molar-refractivity contribution is 0.354. The van der Waals surface area contributed by atoms with Crippen molar-refractivity contribution in [3.63, 3.8) is 0 Å². The monoisotopic (exact) mass is 393 g/mol. The van der Waals surface area contributed by atoms with Gasteiger partial charge < -0.3 is 14.2 Å². The van der Waals surface area contributed by atoms with E-state index in [1.54, 1.807) is 52.5 Å². The van der Waals surface area contributed by atoms with Gasteiger partial charge in [0.2, 0.25) is 10.0 Å². The van der Waals surface area contributed by atoms with Crippen LogP contribution in [0, 0.1) is 13.8 Å². The fourth-order valence-corrected chi connectivity index (χ4v) is 4.60. The normalized spacial score (nSPS) is 12.5. The Bertz CT molecular complexity index is 909. The van der Waals surface area contributed by atoms with Crippen LogP contribution in [0.1, 0.15) is 36.1 Å². The number of sulfonamides is 1. The van der Waals surface area contributed by atoms with E-state index in [1.807, 2.05) is 19.9 Å². The third-order valence-electron chi connectivity index (χ3n) is 4.50. The molecule has 0 amide bonds. The van der Waals surface area contributed by atoms with E-state index < -0.39 is 16.1 Å². The molecule has 0 heterocycles. The molecule has 1 N–H and O–H groups in total. The van der Waals surface area contributed by atoms with Gasteiger partial charge in [0.05, 0.1) is 26.2 Å². The highest BCUT2D eigenvalue weighted by Crippen LogP contribution is 2.32. The molecule has 6 nitrogen and oxygen atoms in total. The Balaban J connectivity index is 2.39. The lowest BCUT2D eigenvalue weighted by Crippen LogP contribution is -2.29. The Hall–Kier alpha value is -2.25. The fraction of sp³-hybridized carbons (Fsp3) is 0.400. The van der Waals surface area contributed by atoms with Gasteiger partial charge in [-0.1, -0.05) is 13.0 Å². The zero-order valence-corrected chi connectivity index (χ0v) is 17.4. The number of benzene rings is 2. The van der Waals surface area contributed by atoms with Gasteiger partial charge in [-0.25, -0.2) is 13.1 Å². The summed E-state index contributed by atoms with van der Waals surface area (Å²) in [6.45, 7) is 5.51. The van der Waals surface area contributed by atoms with Gasteiger partial charge in [-0.05, 0) is 61.2 Å². The van der Waals surface area contributed by atoms with E-state index in [4.69, 9.17) is 14.2 Å². The van der Waals surface area contributed by atoms with E-state index in [0.29, 0.717) is 29.2 Å². The maximum atomic E-state index is 13.0. The van der Waals surface area contributed by atoms with Crippen LogP contribution >= 0.6 is 0 Å². The van der Waals surface area contributed by atoms with Gasteiger partial charge in [-0.3, -0.25) is 0 Å². The molecule has 0 saturated heterocycles. The van der Waals surface area contributed by atoms with Crippen molar-refractivity contribution in [3.8, 4) is 17.2 Å². The first-order valence-electron chi connectivity index (χ1n) is 8.66. The van der Waals surface area contributed by atoms with Gasteiger partial charge in [0.1, 0.15) is 5.75 Å². The van der Waals surface area contributed by atoms with Crippen molar-refractivity contribution in [1.82, 2.24) is 4.72 Å². The Morgan fingerprint density at radius 2 is 1.52 bits per heavy atom. The van der Waals surface area contributed by atoms with Crippen LogP contribution in [-0.4, -0.2) is 29.7 Å². The molecule has 0 saturated carbocycles. The van der Waals surface area contributed by atoms with Crippen LogP contribution in [0.3, 0.4) is 0 Å². The van der Waals surface area contributed by atoms with Gasteiger partial charge >= 0.3 is 0 Å². The van der Waals surface area contributed by atoms with Crippen LogP contribution in [0.15, 0.2) is 35.2 Å². The number of hydrogen-bond acceptors (Lipinski definition) is 5. The van der Waals surface area contributed by atoms with Crippen LogP contribution in [0.4, 0.5) is 0 Å². The predicted molar refractivity (Wildman–Crippen MR) is 105 cm³/mol. The summed E-state index contributed by atoms with van der Waals surface area (Å²) >= 11 is 0. The molecule has 0 unspecified atom stereocenters. The van der Waals surface area contributed by atoms with Gasteiger partial charge in [0.15, 0.2) is 11.5 Å². The number of aryl methyl sites for hydroxylation is 2. The molecule has 0 fully saturated rings. The number of methoxy groups -OCH3 is 3. The maximum absolute atomic E-state index is 13.0. The highest BCUT2D eigenvalue weighted by molar-refractivity contribution is 7.89. The topological polar surface area (TPSA) is 73.9 Å². The Labute approximate surface area is 161 Å². The SMILES string of the molecule is CC[C@H](NS(=O)(=O)c1cc(C)c(OC)cc1C)c1ccc(OC)c(OC)c1. The van der Waals surface area contributed by atoms with Crippen LogP contribution in [0.25, 0.3) is 0 Å². The summed E-state index contributed by atoms with van der Waals surface area (Å²) in [4.78, 5) is 0.250. The second kappa shape index (κ2) is 8.63. The average Bonchev–Trinajstić information content (AvgIpc) is 2.66. The first kappa shape index (κ1) is 21.1. The summed E-state index contributed by atoms with van der Waals surface area (Å²) in [5, 5.41) is 0. The zero-order chi connectivity index (χ0) is 20.2. The molecular formula is C20H27NO5S. The van der Waals surface area contributed by atoms with E-state index in [2.05, 4.69) is 4.72 Å². The van der Waals surface area contributed by atoms with Crippen LogP contribution < -0.4 is 18.9 Å². The summed E-state index contributed by atoms with van der Waals surface area (Å²) in [7, 11) is 0.971. The smallest absolute Gasteiger partial charge is 0.241 e. The molecule has 0 aliphatic heterocycles. The van der Waals surface area contributed by atoms with Crippen molar-refractivity contribution < 1.29 is 22.6 Å². The predicted octanol–water partition coefficient (Wildman–Crippen LogP) is 3.76. The molecular weight excluding hydrogens is 366 g/mol. The van der Waals surface area contributed by atoms with Crippen LogP contribution in [0.2, 0.25) is 0 Å². The molecule has 0 bridgehead atoms. The summed E-state index contributed by atoms with van der Waals surface area (Å²) in [5.41, 5.74) is 2.20. The van der Waals surface area contributed by atoms with Gasteiger partial charge in [0, 0.05) is 6.04 Å². The standard InChI is InChI=1S/C20H27NO5S/c1-7-16(15-8-9-17(24-4)19(12-15)26-6)21-27(22,23)20-11-13(2)18(25-5)10-14(20)3/h8-12,16,21H,7H2,1-6H3/t16-/m0/s1. The van der Waals surface area contributed by atoms with Gasteiger partial charge in [-0.2, -0.15) is 0 Å². The third-order valence-corrected chi connectivity index (χ3v) is 6.11. The molecule has 0 radical (unpaired) electrons. The highest BCUT2D eigenvalue weighted by atomic mass is 32.2. The first-order chi connectivity index (χ1) is 12.8. The second-order valence-corrected chi connectivity index (χ2v) is 7.97. The van der Waals surface area contributed by atoms with E-state index in [9.17, 15) is 8.42 Å². The third kappa shape index (κ3) is 4.54. The molecule has 0 aromatic heterocycles. The summed E-state index contributed by atoms with van der Waals surface area (Å²) in [6, 6.07) is 8.38. The number of ether oxygens (including phenoxy) is 3. The first-order valence-corrected chi connectivity index (χ1v) is 10.1. The lowest BCUT2D eigenvalue weighted by atomic mass is 10.1. The second-order valence-electron chi connectivity index (χ2n) is 6.28. The Morgan fingerprint density at radius 3 is 2.07 bits per heavy atom. The quantitative estimate of drug-likeness (QED) is 0.739. The largest absolute Gasteiger partial charge is 0.496 e. The molecule has 148 valence electrons. The Morgan fingerprint density at radius 1 is 0.889 bits per heavy atom. The minimum Gasteiger partial charge on any atom is -0.496 e. The summed E-state index contributed by atoms with van der Waals surface area (Å²) in [6.07, 6.45) is 0.586. The van der Waals surface area contributed by atoms with Crippen molar-refractivity contribution in [2.75, 3.05) is 21.3 Å². The van der Waals surface area contributed by atoms with E-state index in [1.165, 1.54) is 0 Å². The Kier molecular flexibility index (Phi) is 6.73. The molecule has 7 heteroatoms. The molecule has 2 aromatic rings.